The molecule has 1 aromatic carbocycles. The van der Waals surface area contributed by atoms with Gasteiger partial charge in [0.2, 0.25) is 0 Å². The molecule has 0 unspecified atom stereocenters. The lowest BCUT2D eigenvalue weighted by atomic mass is 9.91. The monoisotopic (exact) mass is 322 g/mol. The molecule has 18 heavy (non-hydrogen) atoms. The summed E-state index contributed by atoms with van der Waals surface area (Å²) in [5.74, 6) is -3.89. The molecule has 0 atom stereocenters. The Morgan fingerprint density at radius 1 is 1.44 bits per heavy atom. The molecule has 0 spiro atoms. The first-order valence-electron chi connectivity index (χ1n) is 5.35. The molecule has 98 valence electrons. The van der Waals surface area contributed by atoms with Gasteiger partial charge in [-0.2, -0.15) is 0 Å². The van der Waals surface area contributed by atoms with E-state index in [0.29, 0.717) is 4.47 Å². The van der Waals surface area contributed by atoms with Crippen LogP contribution in [0.15, 0.2) is 22.7 Å². The number of Topliss-reactive ketones (excluding diaryl/α,β-unsaturated/α-hetero) is 1. The van der Waals surface area contributed by atoms with Crippen molar-refractivity contribution in [3.05, 3.63) is 34.1 Å². The molecule has 1 saturated carbocycles. The van der Waals surface area contributed by atoms with Crippen molar-refractivity contribution < 1.29 is 22.7 Å². The summed E-state index contributed by atoms with van der Waals surface area (Å²) >= 11 is 3.13. The maximum atomic E-state index is 13.3. The molecule has 0 heterocycles. The Morgan fingerprint density at radius 2 is 2.11 bits per heavy atom. The number of alkyl halides is 2. The van der Waals surface area contributed by atoms with E-state index in [9.17, 15) is 18.0 Å². The van der Waals surface area contributed by atoms with E-state index < -0.39 is 23.6 Å². The summed E-state index contributed by atoms with van der Waals surface area (Å²) in [6, 6.07) is 3.98. The van der Waals surface area contributed by atoms with Gasteiger partial charge in [-0.15, -0.1) is 0 Å². The van der Waals surface area contributed by atoms with Crippen molar-refractivity contribution in [3.63, 3.8) is 0 Å². The highest BCUT2D eigenvalue weighted by molar-refractivity contribution is 9.10. The fraction of sp³-hybridized carbons (Fsp3) is 0.417. The summed E-state index contributed by atoms with van der Waals surface area (Å²) in [5.41, 5.74) is -0.101. The minimum absolute atomic E-state index is 0.101. The van der Waals surface area contributed by atoms with Crippen molar-refractivity contribution in [2.45, 2.75) is 24.9 Å². The molecule has 1 aliphatic carbocycles. The SMILES string of the molecule is O=C(COC1CC(F)(F)C1)c1cc(Br)ccc1F. The molecule has 0 saturated heterocycles. The minimum Gasteiger partial charge on any atom is -0.370 e. The fourth-order valence-corrected chi connectivity index (χ4v) is 2.07. The van der Waals surface area contributed by atoms with E-state index in [4.69, 9.17) is 4.74 Å². The number of rotatable bonds is 4. The molecule has 0 bridgehead atoms. The first-order valence-corrected chi connectivity index (χ1v) is 6.14. The van der Waals surface area contributed by atoms with E-state index >= 15 is 0 Å². The second-order valence-corrected chi connectivity index (χ2v) is 5.16. The van der Waals surface area contributed by atoms with Crippen molar-refractivity contribution in [2.75, 3.05) is 6.61 Å². The van der Waals surface area contributed by atoms with Crippen molar-refractivity contribution in [1.29, 1.82) is 0 Å². The van der Waals surface area contributed by atoms with Gasteiger partial charge in [-0.3, -0.25) is 4.79 Å². The zero-order valence-electron chi connectivity index (χ0n) is 9.26. The van der Waals surface area contributed by atoms with Gasteiger partial charge in [-0.25, -0.2) is 13.2 Å². The van der Waals surface area contributed by atoms with Crippen LogP contribution in [-0.2, 0) is 4.74 Å². The van der Waals surface area contributed by atoms with Gasteiger partial charge in [0.1, 0.15) is 12.4 Å². The predicted molar refractivity (Wildman–Crippen MR) is 62.4 cm³/mol. The predicted octanol–water partition coefficient (Wildman–Crippen LogP) is 3.59. The number of halogens is 4. The van der Waals surface area contributed by atoms with Gasteiger partial charge in [-0.1, -0.05) is 15.9 Å². The molecular weight excluding hydrogens is 313 g/mol. The summed E-state index contributed by atoms with van der Waals surface area (Å²) in [5, 5.41) is 0. The van der Waals surface area contributed by atoms with Crippen LogP contribution in [-0.4, -0.2) is 24.4 Å². The molecule has 0 amide bonds. The molecule has 0 aromatic heterocycles. The minimum atomic E-state index is -2.69. The van der Waals surface area contributed by atoms with Crippen LogP contribution >= 0.6 is 15.9 Å². The molecular formula is C12H10BrF3O2. The van der Waals surface area contributed by atoms with E-state index in [-0.39, 0.29) is 25.0 Å². The average Bonchev–Trinajstić information content (AvgIpc) is 2.26. The topological polar surface area (TPSA) is 26.3 Å². The van der Waals surface area contributed by atoms with Crippen molar-refractivity contribution in [2.24, 2.45) is 0 Å². The highest BCUT2D eigenvalue weighted by atomic mass is 79.9. The Morgan fingerprint density at radius 3 is 2.72 bits per heavy atom. The molecule has 0 radical (unpaired) electrons. The molecule has 1 aromatic rings. The molecule has 0 aliphatic heterocycles. The second kappa shape index (κ2) is 5.01. The van der Waals surface area contributed by atoms with Crippen LogP contribution in [0, 0.1) is 5.82 Å². The van der Waals surface area contributed by atoms with Crippen molar-refractivity contribution in [3.8, 4) is 0 Å². The number of hydrogen-bond donors (Lipinski definition) is 0. The first kappa shape index (κ1) is 13.5. The van der Waals surface area contributed by atoms with E-state index in [1.807, 2.05) is 0 Å². The number of benzene rings is 1. The highest BCUT2D eigenvalue weighted by Gasteiger charge is 2.46. The Hall–Kier alpha value is -0.880. The second-order valence-electron chi connectivity index (χ2n) is 4.24. The van der Waals surface area contributed by atoms with E-state index in [0.717, 1.165) is 6.07 Å². The fourth-order valence-electron chi connectivity index (χ4n) is 1.71. The normalized spacial score (nSPS) is 18.4. The third kappa shape index (κ3) is 3.11. The maximum absolute atomic E-state index is 13.3. The largest absolute Gasteiger partial charge is 0.370 e. The van der Waals surface area contributed by atoms with Crippen LogP contribution < -0.4 is 0 Å². The van der Waals surface area contributed by atoms with Gasteiger partial charge in [0.25, 0.3) is 5.92 Å². The van der Waals surface area contributed by atoms with Gasteiger partial charge in [0, 0.05) is 17.3 Å². The summed E-state index contributed by atoms with van der Waals surface area (Å²) < 4.78 is 44.0. The summed E-state index contributed by atoms with van der Waals surface area (Å²) in [6.07, 6.45) is -1.36. The first-order chi connectivity index (χ1) is 8.37. The Labute approximate surface area is 110 Å². The lowest BCUT2D eigenvalue weighted by molar-refractivity contribution is -0.161. The van der Waals surface area contributed by atoms with Gasteiger partial charge in [-0.05, 0) is 18.2 Å². The summed E-state index contributed by atoms with van der Waals surface area (Å²) in [6.45, 7) is -0.381. The summed E-state index contributed by atoms with van der Waals surface area (Å²) in [7, 11) is 0. The van der Waals surface area contributed by atoms with Crippen LogP contribution in [0.3, 0.4) is 0 Å². The van der Waals surface area contributed by atoms with Crippen LogP contribution in [0.1, 0.15) is 23.2 Å². The molecule has 6 heteroatoms. The van der Waals surface area contributed by atoms with Crippen LogP contribution in [0.2, 0.25) is 0 Å². The molecule has 2 nitrogen and oxygen atoms in total. The van der Waals surface area contributed by atoms with E-state index in [1.54, 1.807) is 0 Å². The number of carbonyl (C=O) groups excluding carboxylic acids is 1. The smallest absolute Gasteiger partial charge is 0.253 e. The van der Waals surface area contributed by atoms with Crippen LogP contribution in [0.4, 0.5) is 13.2 Å². The van der Waals surface area contributed by atoms with Crippen LogP contribution in [0.5, 0.6) is 0 Å². The Balaban J connectivity index is 1.90. The average molecular weight is 323 g/mol. The van der Waals surface area contributed by atoms with Gasteiger partial charge >= 0.3 is 0 Å². The van der Waals surface area contributed by atoms with Gasteiger partial charge in [0.15, 0.2) is 5.78 Å². The van der Waals surface area contributed by atoms with Crippen LogP contribution in [0.25, 0.3) is 0 Å². The number of ether oxygens (including phenoxy) is 1. The maximum Gasteiger partial charge on any atom is 0.253 e. The zero-order valence-corrected chi connectivity index (χ0v) is 10.8. The Kier molecular flexibility index (Phi) is 3.77. The lowest BCUT2D eigenvalue weighted by Crippen LogP contribution is -2.42. The number of carbonyl (C=O) groups is 1. The van der Waals surface area contributed by atoms with E-state index in [1.165, 1.54) is 12.1 Å². The number of hydrogen-bond acceptors (Lipinski definition) is 2. The third-order valence-electron chi connectivity index (χ3n) is 2.73. The standard InChI is InChI=1S/C12H10BrF3O2/c13-7-1-2-10(14)9(3-7)11(17)6-18-8-4-12(15,16)5-8/h1-3,8H,4-6H2. The van der Waals surface area contributed by atoms with Gasteiger partial charge in [0.05, 0.1) is 11.7 Å². The van der Waals surface area contributed by atoms with Crippen molar-refractivity contribution >= 4 is 21.7 Å². The molecule has 2 rings (SSSR count). The summed E-state index contributed by atoms with van der Waals surface area (Å²) in [4.78, 5) is 11.7. The quantitative estimate of drug-likeness (QED) is 0.792. The highest BCUT2D eigenvalue weighted by Crippen LogP contribution is 2.39. The zero-order chi connectivity index (χ0) is 13.3. The molecule has 0 N–H and O–H groups in total. The number of ketones is 1. The molecule has 1 aliphatic rings. The van der Waals surface area contributed by atoms with Crippen molar-refractivity contribution in [1.82, 2.24) is 0 Å². The van der Waals surface area contributed by atoms with E-state index in [2.05, 4.69) is 15.9 Å². The van der Waals surface area contributed by atoms with Gasteiger partial charge < -0.3 is 4.74 Å². The lowest BCUT2D eigenvalue weighted by Gasteiger charge is -2.34. The molecule has 1 fully saturated rings. The Bertz CT molecular complexity index is 468. The third-order valence-corrected chi connectivity index (χ3v) is 3.22.